The number of H-pyrrole nitrogens is 2. The third kappa shape index (κ3) is 13.2. The Morgan fingerprint density at radius 1 is 0.985 bits per heavy atom. The molecule has 2 aromatic carbocycles. The van der Waals surface area contributed by atoms with Crippen LogP contribution in [0.4, 0.5) is 9.59 Å². The fourth-order valence-electron chi connectivity index (χ4n) is 7.14. The van der Waals surface area contributed by atoms with Gasteiger partial charge >= 0.3 is 23.8 Å². The number of carboxylic acid groups (broad SMARTS) is 1. The van der Waals surface area contributed by atoms with E-state index >= 15 is 0 Å². The van der Waals surface area contributed by atoms with Crippen LogP contribution < -0.4 is 37.8 Å². The van der Waals surface area contributed by atoms with Crippen molar-refractivity contribution in [3.63, 3.8) is 0 Å². The SMILES string of the molecule is CCOC(=O)NC(Cc1cccc(O)c1)C(=O)N(C)C(C)C(NC(=O)C(CCSC)NC(=O)NC(Cc1c[nH]c2ccccc12)C(=O)O)C(=O)N/C=C1\C[C@H](O)[C@@H](n2ccc(=O)[nH]c2=O)O1. The number of nitrogens with zero attached hydrogens (tertiary/aromatic N) is 2. The number of fused-ring (bicyclic) bond motifs is 1. The van der Waals surface area contributed by atoms with Crippen LogP contribution in [0.5, 0.6) is 5.75 Å². The van der Waals surface area contributed by atoms with Gasteiger partial charge in [-0.05, 0) is 61.6 Å². The van der Waals surface area contributed by atoms with Gasteiger partial charge in [0, 0.05) is 61.9 Å². The van der Waals surface area contributed by atoms with E-state index in [0.717, 1.165) is 38.8 Å². The molecule has 0 spiro atoms. The van der Waals surface area contributed by atoms with Crippen LogP contribution in [0.2, 0.25) is 0 Å². The summed E-state index contributed by atoms with van der Waals surface area (Å²) >= 11 is 1.35. The lowest BCUT2D eigenvalue weighted by atomic mass is 10.0. The molecule has 0 radical (unpaired) electrons. The Labute approximate surface area is 381 Å². The van der Waals surface area contributed by atoms with E-state index in [4.69, 9.17) is 9.47 Å². The number of phenolic OH excluding ortho intramolecular Hbond substituents is 1. The molecule has 0 bridgehead atoms. The summed E-state index contributed by atoms with van der Waals surface area (Å²) < 4.78 is 11.7. The van der Waals surface area contributed by atoms with Crippen molar-refractivity contribution < 1.29 is 53.6 Å². The summed E-state index contributed by atoms with van der Waals surface area (Å²) in [4.78, 5) is 111. The average molecular weight is 936 g/mol. The molecular formula is C43H53N9O13S. The summed E-state index contributed by atoms with van der Waals surface area (Å²) in [5, 5.41) is 44.2. The number of alkyl carbamates (subject to hydrolysis) is 1. The number of aromatic hydroxyl groups is 1. The molecule has 5 unspecified atom stereocenters. The van der Waals surface area contributed by atoms with Crippen LogP contribution in [0.25, 0.3) is 10.9 Å². The largest absolute Gasteiger partial charge is 0.508 e. The minimum Gasteiger partial charge on any atom is -0.508 e. The fraction of sp³-hybridized carbons (Fsp3) is 0.395. The number of thioether (sulfide) groups is 1. The first-order chi connectivity index (χ1) is 31.5. The number of carbonyl (C=O) groups excluding carboxylic acids is 5. The van der Waals surface area contributed by atoms with Crippen LogP contribution in [-0.2, 0) is 41.5 Å². The molecule has 6 amide bonds. The molecule has 2 aromatic heterocycles. The predicted molar refractivity (Wildman–Crippen MR) is 240 cm³/mol. The molecule has 354 valence electrons. The number of benzene rings is 2. The van der Waals surface area contributed by atoms with E-state index in [1.54, 1.807) is 37.6 Å². The van der Waals surface area contributed by atoms with E-state index in [1.807, 2.05) is 18.2 Å². The highest BCUT2D eigenvalue weighted by Gasteiger charge is 2.38. The number of hydrogen-bond donors (Lipinski definition) is 10. The number of hydrogen-bond acceptors (Lipinski definition) is 13. The van der Waals surface area contributed by atoms with Gasteiger partial charge in [-0.3, -0.25) is 28.7 Å². The van der Waals surface area contributed by atoms with Gasteiger partial charge in [-0.25, -0.2) is 19.2 Å². The second kappa shape index (κ2) is 23.1. The first-order valence-electron chi connectivity index (χ1n) is 20.8. The number of amides is 6. The number of phenols is 1. The van der Waals surface area contributed by atoms with Gasteiger partial charge in [0.2, 0.25) is 23.9 Å². The highest BCUT2D eigenvalue weighted by Crippen LogP contribution is 2.30. The number of nitrogens with one attached hydrogen (secondary N) is 7. The van der Waals surface area contributed by atoms with Crippen LogP contribution in [0.15, 0.2) is 88.5 Å². The zero-order valence-electron chi connectivity index (χ0n) is 36.4. The van der Waals surface area contributed by atoms with Gasteiger partial charge in [-0.1, -0.05) is 30.3 Å². The van der Waals surface area contributed by atoms with Crippen molar-refractivity contribution >= 4 is 58.5 Å². The monoisotopic (exact) mass is 935 g/mol. The Hall–Kier alpha value is -7.27. The number of para-hydroxylation sites is 1. The third-order valence-electron chi connectivity index (χ3n) is 10.7. The number of carbonyl (C=O) groups is 6. The van der Waals surface area contributed by atoms with Gasteiger partial charge in [0.05, 0.1) is 12.6 Å². The molecule has 1 saturated heterocycles. The average Bonchev–Trinajstić information content (AvgIpc) is 3.86. The summed E-state index contributed by atoms with van der Waals surface area (Å²) in [6, 6.07) is 6.46. The molecule has 1 fully saturated rings. The van der Waals surface area contributed by atoms with Gasteiger partial charge in [0.15, 0.2) is 0 Å². The second-order valence-electron chi connectivity index (χ2n) is 15.3. The maximum Gasteiger partial charge on any atom is 0.407 e. The van der Waals surface area contributed by atoms with Crippen LogP contribution >= 0.6 is 11.8 Å². The molecule has 5 rings (SSSR count). The number of aromatic nitrogens is 3. The van der Waals surface area contributed by atoms with E-state index in [-0.39, 0.29) is 43.8 Å². The lowest BCUT2D eigenvalue weighted by molar-refractivity contribution is -0.139. The van der Waals surface area contributed by atoms with Crippen LogP contribution in [0.1, 0.15) is 44.0 Å². The Morgan fingerprint density at radius 2 is 1.73 bits per heavy atom. The number of aliphatic hydroxyl groups excluding tert-OH is 1. The standard InChI is InChI=1S/C43H53N9O13S/c1-5-64-43(63)48-31(18-24-9-8-10-26(53)17-24)38(58)51(3)23(2)35(37(57)45-22-27-20-33(54)39(65-27)52-15-13-34(55)49-42(52)62)50-36(56)30(14-16-66-4)46-41(61)47-32(40(59)60)19-25-21-44-29-12-7-6-11-28(25)29/h6-13,15,17,21-23,30-33,35,39,44,53-54H,5,14,16,18-20H2,1-4H3,(H,45,57)(H,48,63)(H,50,56)(H,59,60)(H2,46,47,61)(H,49,55,62)/b27-22+/t23?,30?,31?,32?,33-,35?,39-/m0/s1. The quantitative estimate of drug-likeness (QED) is 0.0586. The Balaban J connectivity index is 1.39. The zero-order valence-corrected chi connectivity index (χ0v) is 37.3. The van der Waals surface area contributed by atoms with Crippen molar-refractivity contribution in [2.75, 3.05) is 25.7 Å². The predicted octanol–water partition coefficient (Wildman–Crippen LogP) is 0.767. The number of rotatable bonds is 20. The van der Waals surface area contributed by atoms with Crippen molar-refractivity contribution in [1.29, 1.82) is 0 Å². The summed E-state index contributed by atoms with van der Waals surface area (Å²) in [5.41, 5.74) is 0.346. The molecule has 66 heavy (non-hydrogen) atoms. The maximum absolute atomic E-state index is 14.2. The first-order valence-corrected chi connectivity index (χ1v) is 22.2. The highest BCUT2D eigenvalue weighted by atomic mass is 32.2. The maximum atomic E-state index is 14.2. The van der Waals surface area contributed by atoms with Gasteiger partial charge < -0.3 is 61.3 Å². The topological polar surface area (TPSA) is 316 Å². The number of aliphatic hydroxyl groups is 1. The number of urea groups is 1. The van der Waals surface area contributed by atoms with E-state index in [9.17, 15) is 53.7 Å². The summed E-state index contributed by atoms with van der Waals surface area (Å²) in [5.74, 6) is -3.60. The molecular weight excluding hydrogens is 883 g/mol. The van der Waals surface area contributed by atoms with Crippen molar-refractivity contribution in [3.8, 4) is 5.75 Å². The van der Waals surface area contributed by atoms with Gasteiger partial charge in [-0.15, -0.1) is 0 Å². The summed E-state index contributed by atoms with van der Waals surface area (Å²) in [6.45, 7) is 3.00. The van der Waals surface area contributed by atoms with Crippen LogP contribution in [0.3, 0.4) is 0 Å². The number of aromatic amines is 2. The van der Waals surface area contributed by atoms with E-state index in [2.05, 4.69) is 36.6 Å². The molecule has 1 aliphatic rings. The van der Waals surface area contributed by atoms with Crippen LogP contribution in [0, 0.1) is 0 Å². The minimum absolute atomic E-state index is 0.00253. The Kier molecular flexibility index (Phi) is 17.4. The molecule has 4 aromatic rings. The normalized spacial score (nSPS) is 17.3. The van der Waals surface area contributed by atoms with Crippen molar-refractivity contribution in [2.45, 2.75) is 82.1 Å². The minimum atomic E-state index is -1.61. The number of carboxylic acids is 1. The van der Waals surface area contributed by atoms with Gasteiger partial charge in [-0.2, -0.15) is 11.8 Å². The smallest absolute Gasteiger partial charge is 0.407 e. The van der Waals surface area contributed by atoms with Crippen molar-refractivity contribution in [3.05, 3.63) is 111 Å². The summed E-state index contributed by atoms with van der Waals surface area (Å²) in [6.07, 6.45) is 1.78. The second-order valence-corrected chi connectivity index (χ2v) is 16.3. The highest BCUT2D eigenvalue weighted by molar-refractivity contribution is 7.98. The number of aliphatic carboxylic acids is 1. The lowest BCUT2D eigenvalue weighted by Gasteiger charge is -2.34. The Bertz CT molecular complexity index is 2540. The molecule has 10 N–H and O–H groups in total. The van der Waals surface area contributed by atoms with Crippen molar-refractivity contribution in [1.82, 2.24) is 46.0 Å². The van der Waals surface area contributed by atoms with Gasteiger partial charge in [0.25, 0.3) is 5.56 Å². The van der Waals surface area contributed by atoms with E-state index < -0.39 is 89.6 Å². The first kappa shape index (κ1) is 49.7. The molecule has 7 atom stereocenters. The molecule has 1 aliphatic heterocycles. The van der Waals surface area contributed by atoms with Crippen LogP contribution in [-0.4, -0.2) is 133 Å². The molecule has 22 nitrogen and oxygen atoms in total. The fourth-order valence-corrected chi connectivity index (χ4v) is 7.61. The number of ether oxygens (including phenoxy) is 2. The van der Waals surface area contributed by atoms with E-state index in [1.165, 1.54) is 37.9 Å². The Morgan fingerprint density at radius 3 is 2.42 bits per heavy atom. The molecule has 0 aliphatic carbocycles. The van der Waals surface area contributed by atoms with E-state index in [0.29, 0.717) is 16.9 Å². The lowest BCUT2D eigenvalue weighted by Crippen LogP contribution is -2.62. The summed E-state index contributed by atoms with van der Waals surface area (Å²) in [7, 11) is 1.33. The third-order valence-corrected chi connectivity index (χ3v) is 11.3. The zero-order chi connectivity index (χ0) is 48.1. The molecule has 23 heteroatoms. The number of likely N-dealkylation sites (N-methyl/N-ethyl adjacent to an activating group) is 1. The van der Waals surface area contributed by atoms with Crippen molar-refractivity contribution in [2.24, 2.45) is 0 Å². The van der Waals surface area contributed by atoms with Gasteiger partial charge in [0.1, 0.15) is 41.8 Å². The molecule has 0 saturated carbocycles. The molecule has 3 heterocycles.